The molecular formula is C13H18N2O. The second-order valence-corrected chi connectivity index (χ2v) is 3.89. The van der Waals surface area contributed by atoms with Crippen LogP contribution >= 0.6 is 0 Å². The van der Waals surface area contributed by atoms with Crippen LogP contribution in [0.2, 0.25) is 0 Å². The summed E-state index contributed by atoms with van der Waals surface area (Å²) in [6, 6.07) is 7.41. The fourth-order valence-corrected chi connectivity index (χ4v) is 1.30. The van der Waals surface area contributed by atoms with E-state index in [1.807, 2.05) is 37.2 Å². The molecule has 0 bridgehead atoms. The van der Waals surface area contributed by atoms with E-state index < -0.39 is 0 Å². The molecule has 3 nitrogen and oxygen atoms in total. The van der Waals surface area contributed by atoms with Crippen LogP contribution in [-0.4, -0.2) is 38.0 Å². The highest BCUT2D eigenvalue weighted by molar-refractivity contribution is 5.94. The van der Waals surface area contributed by atoms with E-state index in [9.17, 15) is 4.79 Å². The summed E-state index contributed by atoms with van der Waals surface area (Å²) in [5.74, 6) is -0.0365. The molecule has 1 rings (SSSR count). The smallest absolute Gasteiger partial charge is 0.251 e. The van der Waals surface area contributed by atoms with Crippen molar-refractivity contribution in [3.05, 3.63) is 42.0 Å². The normalized spacial score (nSPS) is 10.2. The first kappa shape index (κ1) is 12.5. The van der Waals surface area contributed by atoms with Gasteiger partial charge in [0.15, 0.2) is 0 Å². The number of carbonyl (C=O) groups is 1. The number of likely N-dealkylation sites (N-methyl/N-ethyl adjacent to an activating group) is 1. The molecule has 0 heterocycles. The highest BCUT2D eigenvalue weighted by atomic mass is 16.1. The van der Waals surface area contributed by atoms with E-state index >= 15 is 0 Å². The monoisotopic (exact) mass is 218 g/mol. The Morgan fingerprint density at radius 3 is 2.88 bits per heavy atom. The number of nitrogens with zero attached hydrogens (tertiary/aromatic N) is 1. The quantitative estimate of drug-likeness (QED) is 0.814. The largest absolute Gasteiger partial charge is 0.351 e. The predicted octanol–water partition coefficient (Wildman–Crippen LogP) is 1.62. The molecule has 0 fully saturated rings. The van der Waals surface area contributed by atoms with Crippen molar-refractivity contribution < 1.29 is 4.79 Å². The second kappa shape index (κ2) is 6.08. The van der Waals surface area contributed by atoms with Gasteiger partial charge in [-0.3, -0.25) is 4.79 Å². The molecule has 16 heavy (non-hydrogen) atoms. The van der Waals surface area contributed by atoms with E-state index in [1.54, 1.807) is 12.1 Å². The molecule has 0 aliphatic carbocycles. The summed E-state index contributed by atoms with van der Waals surface area (Å²) in [5, 5.41) is 2.87. The SMILES string of the molecule is C=Cc1cccc(C(=O)NCCN(C)C)c1. The average molecular weight is 218 g/mol. The number of rotatable bonds is 5. The lowest BCUT2D eigenvalue weighted by molar-refractivity contribution is 0.0951. The third-order valence-corrected chi connectivity index (χ3v) is 2.23. The second-order valence-electron chi connectivity index (χ2n) is 3.89. The van der Waals surface area contributed by atoms with Gasteiger partial charge in [0.1, 0.15) is 0 Å². The van der Waals surface area contributed by atoms with Crippen molar-refractivity contribution in [2.75, 3.05) is 27.2 Å². The van der Waals surface area contributed by atoms with Gasteiger partial charge in [-0.15, -0.1) is 0 Å². The molecule has 0 saturated carbocycles. The minimum atomic E-state index is -0.0365. The summed E-state index contributed by atoms with van der Waals surface area (Å²) in [6.07, 6.45) is 1.73. The lowest BCUT2D eigenvalue weighted by Gasteiger charge is -2.10. The molecule has 0 aliphatic rings. The summed E-state index contributed by atoms with van der Waals surface area (Å²) >= 11 is 0. The van der Waals surface area contributed by atoms with Crippen molar-refractivity contribution in [3.63, 3.8) is 0 Å². The van der Waals surface area contributed by atoms with Crippen LogP contribution in [-0.2, 0) is 0 Å². The van der Waals surface area contributed by atoms with E-state index in [1.165, 1.54) is 0 Å². The van der Waals surface area contributed by atoms with Gasteiger partial charge in [-0.05, 0) is 31.8 Å². The number of hydrogen-bond acceptors (Lipinski definition) is 2. The van der Waals surface area contributed by atoms with Gasteiger partial charge in [-0.25, -0.2) is 0 Å². The maximum atomic E-state index is 11.7. The van der Waals surface area contributed by atoms with Gasteiger partial charge in [0, 0.05) is 18.7 Å². The van der Waals surface area contributed by atoms with Gasteiger partial charge in [0.2, 0.25) is 0 Å². The first-order chi connectivity index (χ1) is 7.63. The van der Waals surface area contributed by atoms with Gasteiger partial charge in [-0.2, -0.15) is 0 Å². The Kier molecular flexibility index (Phi) is 4.73. The Bertz CT molecular complexity index is 372. The standard InChI is InChI=1S/C13H18N2O/c1-4-11-6-5-7-12(10-11)13(16)14-8-9-15(2)3/h4-7,10H,1,8-9H2,2-3H3,(H,14,16). The molecule has 3 heteroatoms. The first-order valence-electron chi connectivity index (χ1n) is 5.29. The molecule has 1 N–H and O–H groups in total. The van der Waals surface area contributed by atoms with Gasteiger partial charge in [-0.1, -0.05) is 24.8 Å². The van der Waals surface area contributed by atoms with Gasteiger partial charge < -0.3 is 10.2 Å². The summed E-state index contributed by atoms with van der Waals surface area (Å²) in [7, 11) is 3.95. The summed E-state index contributed by atoms with van der Waals surface area (Å²) in [5.41, 5.74) is 1.64. The first-order valence-corrected chi connectivity index (χ1v) is 5.29. The Morgan fingerprint density at radius 1 is 1.50 bits per heavy atom. The number of amides is 1. The molecule has 1 aromatic rings. The zero-order valence-corrected chi connectivity index (χ0v) is 9.86. The third-order valence-electron chi connectivity index (χ3n) is 2.23. The molecule has 86 valence electrons. The van der Waals surface area contributed by atoms with Crippen molar-refractivity contribution in [2.45, 2.75) is 0 Å². The molecule has 1 aromatic carbocycles. The summed E-state index contributed by atoms with van der Waals surface area (Å²) in [4.78, 5) is 13.8. The zero-order valence-electron chi connectivity index (χ0n) is 9.86. The highest BCUT2D eigenvalue weighted by Crippen LogP contribution is 2.05. The molecule has 0 unspecified atom stereocenters. The lowest BCUT2D eigenvalue weighted by Crippen LogP contribution is -2.31. The van der Waals surface area contributed by atoms with E-state index in [4.69, 9.17) is 0 Å². The lowest BCUT2D eigenvalue weighted by atomic mass is 10.1. The van der Waals surface area contributed by atoms with E-state index in [0.717, 1.165) is 12.1 Å². The van der Waals surface area contributed by atoms with Crippen LogP contribution in [0.15, 0.2) is 30.8 Å². The van der Waals surface area contributed by atoms with Gasteiger partial charge in [0.25, 0.3) is 5.91 Å². The van der Waals surface area contributed by atoms with Crippen LogP contribution < -0.4 is 5.32 Å². The zero-order chi connectivity index (χ0) is 12.0. The van der Waals surface area contributed by atoms with Crippen LogP contribution in [0, 0.1) is 0 Å². The van der Waals surface area contributed by atoms with Gasteiger partial charge in [0.05, 0.1) is 0 Å². The number of carbonyl (C=O) groups excluding carboxylic acids is 1. The predicted molar refractivity (Wildman–Crippen MR) is 67.4 cm³/mol. The highest BCUT2D eigenvalue weighted by Gasteiger charge is 2.04. The molecular weight excluding hydrogens is 200 g/mol. The molecule has 0 radical (unpaired) electrons. The molecule has 0 saturated heterocycles. The third kappa shape index (κ3) is 3.87. The van der Waals surface area contributed by atoms with Gasteiger partial charge >= 0.3 is 0 Å². The van der Waals surface area contributed by atoms with Crippen molar-refractivity contribution in [2.24, 2.45) is 0 Å². The van der Waals surface area contributed by atoms with Crippen molar-refractivity contribution in [1.82, 2.24) is 10.2 Å². The topological polar surface area (TPSA) is 32.3 Å². The van der Waals surface area contributed by atoms with E-state index in [0.29, 0.717) is 12.1 Å². The fraction of sp³-hybridized carbons (Fsp3) is 0.308. The summed E-state index contributed by atoms with van der Waals surface area (Å²) < 4.78 is 0. The number of benzene rings is 1. The van der Waals surface area contributed by atoms with E-state index in [-0.39, 0.29) is 5.91 Å². The Morgan fingerprint density at radius 2 is 2.25 bits per heavy atom. The maximum absolute atomic E-state index is 11.7. The Hall–Kier alpha value is -1.61. The van der Waals surface area contributed by atoms with Crippen molar-refractivity contribution >= 4 is 12.0 Å². The Balaban J connectivity index is 2.55. The average Bonchev–Trinajstić information content (AvgIpc) is 2.28. The van der Waals surface area contributed by atoms with Crippen LogP contribution in [0.1, 0.15) is 15.9 Å². The summed E-state index contributed by atoms with van der Waals surface area (Å²) in [6.45, 7) is 5.18. The van der Waals surface area contributed by atoms with Crippen molar-refractivity contribution in [1.29, 1.82) is 0 Å². The minimum Gasteiger partial charge on any atom is -0.351 e. The molecule has 0 aromatic heterocycles. The van der Waals surface area contributed by atoms with Crippen LogP contribution in [0.25, 0.3) is 6.08 Å². The van der Waals surface area contributed by atoms with Crippen molar-refractivity contribution in [3.8, 4) is 0 Å². The van der Waals surface area contributed by atoms with Crippen LogP contribution in [0.4, 0.5) is 0 Å². The molecule has 1 amide bonds. The van der Waals surface area contributed by atoms with Crippen LogP contribution in [0.3, 0.4) is 0 Å². The molecule has 0 aliphatic heterocycles. The van der Waals surface area contributed by atoms with Crippen LogP contribution in [0.5, 0.6) is 0 Å². The number of nitrogens with one attached hydrogen (secondary N) is 1. The maximum Gasteiger partial charge on any atom is 0.251 e. The fourth-order valence-electron chi connectivity index (χ4n) is 1.30. The molecule has 0 atom stereocenters. The van der Waals surface area contributed by atoms with E-state index in [2.05, 4.69) is 11.9 Å². The Labute approximate surface area is 96.8 Å². The molecule has 0 spiro atoms. The number of hydrogen-bond donors (Lipinski definition) is 1. The minimum absolute atomic E-state index is 0.0365.